The lowest BCUT2D eigenvalue weighted by molar-refractivity contribution is 0.458. The van der Waals surface area contributed by atoms with Gasteiger partial charge in [-0.1, -0.05) is 17.7 Å². The number of nitrogens with two attached hydrogens (primary N) is 1. The zero-order valence-corrected chi connectivity index (χ0v) is 15.9. The van der Waals surface area contributed by atoms with E-state index in [1.165, 1.54) is 4.31 Å². The normalized spacial score (nSPS) is 17.9. The van der Waals surface area contributed by atoms with Gasteiger partial charge in [-0.2, -0.15) is 4.31 Å². The molecule has 2 aromatic rings. The molecule has 1 aliphatic rings. The third-order valence-electron chi connectivity index (χ3n) is 4.08. The number of rotatable bonds is 5. The zero-order chi connectivity index (χ0) is 17.2. The highest BCUT2D eigenvalue weighted by atomic mass is 35.5. The van der Waals surface area contributed by atoms with Gasteiger partial charge in [-0.05, 0) is 61.3 Å². The van der Waals surface area contributed by atoms with E-state index in [9.17, 15) is 8.42 Å². The van der Waals surface area contributed by atoms with E-state index >= 15 is 0 Å². The van der Waals surface area contributed by atoms with Crippen molar-refractivity contribution >= 4 is 34.0 Å². The van der Waals surface area contributed by atoms with Gasteiger partial charge in [-0.3, -0.25) is 0 Å². The number of halogens is 2. The predicted octanol–water partition coefficient (Wildman–Crippen LogP) is 3.52. The molecule has 1 heterocycles. The Morgan fingerprint density at radius 1 is 1.16 bits per heavy atom. The monoisotopic (exact) mass is 402 g/mol. The minimum absolute atomic E-state index is 0. The minimum Gasteiger partial charge on any atom is -0.457 e. The van der Waals surface area contributed by atoms with Crippen molar-refractivity contribution in [2.75, 3.05) is 19.6 Å². The topological polar surface area (TPSA) is 72.6 Å². The first-order valence-electron chi connectivity index (χ1n) is 7.73. The molecule has 0 amide bonds. The van der Waals surface area contributed by atoms with E-state index < -0.39 is 10.0 Å². The summed E-state index contributed by atoms with van der Waals surface area (Å²) in [5.41, 5.74) is 5.63. The Hall–Kier alpha value is -1.31. The summed E-state index contributed by atoms with van der Waals surface area (Å²) in [6, 6.07) is 13.4. The van der Waals surface area contributed by atoms with E-state index in [1.54, 1.807) is 48.5 Å². The van der Waals surface area contributed by atoms with E-state index in [0.717, 1.165) is 6.42 Å². The Kier molecular flexibility index (Phi) is 6.71. The van der Waals surface area contributed by atoms with Gasteiger partial charge in [0.2, 0.25) is 10.0 Å². The lowest BCUT2D eigenvalue weighted by Crippen LogP contribution is -2.29. The van der Waals surface area contributed by atoms with Crippen molar-refractivity contribution in [1.82, 2.24) is 4.31 Å². The molecule has 0 aliphatic carbocycles. The van der Waals surface area contributed by atoms with Gasteiger partial charge in [0.05, 0.1) is 4.90 Å². The van der Waals surface area contributed by atoms with Crippen molar-refractivity contribution < 1.29 is 13.2 Å². The Morgan fingerprint density at radius 3 is 2.48 bits per heavy atom. The maximum Gasteiger partial charge on any atom is 0.243 e. The average Bonchev–Trinajstić information content (AvgIpc) is 3.05. The van der Waals surface area contributed by atoms with Crippen LogP contribution in [0.1, 0.15) is 6.42 Å². The van der Waals surface area contributed by atoms with Crippen molar-refractivity contribution in [2.45, 2.75) is 11.3 Å². The first-order chi connectivity index (χ1) is 11.5. The summed E-state index contributed by atoms with van der Waals surface area (Å²) in [7, 11) is -3.48. The highest BCUT2D eigenvalue weighted by molar-refractivity contribution is 7.89. The maximum atomic E-state index is 12.6. The molecule has 2 aromatic carbocycles. The van der Waals surface area contributed by atoms with Gasteiger partial charge in [0, 0.05) is 18.1 Å². The summed E-state index contributed by atoms with van der Waals surface area (Å²) in [4.78, 5) is 0.263. The van der Waals surface area contributed by atoms with Crippen molar-refractivity contribution in [3.63, 3.8) is 0 Å². The summed E-state index contributed by atoms with van der Waals surface area (Å²) in [6.45, 7) is 1.52. The molecule has 0 bridgehead atoms. The average molecular weight is 403 g/mol. The predicted molar refractivity (Wildman–Crippen MR) is 101 cm³/mol. The van der Waals surface area contributed by atoms with E-state index in [-0.39, 0.29) is 23.2 Å². The van der Waals surface area contributed by atoms with Gasteiger partial charge in [-0.15, -0.1) is 12.4 Å². The molecule has 8 heteroatoms. The molecule has 5 nitrogen and oxygen atoms in total. The molecule has 1 aliphatic heterocycles. The van der Waals surface area contributed by atoms with Gasteiger partial charge < -0.3 is 10.5 Å². The number of hydrogen-bond donors (Lipinski definition) is 1. The van der Waals surface area contributed by atoms with Crippen molar-refractivity contribution in [2.24, 2.45) is 11.7 Å². The van der Waals surface area contributed by atoms with Gasteiger partial charge in [0.25, 0.3) is 0 Å². The minimum atomic E-state index is -3.48. The van der Waals surface area contributed by atoms with Crippen LogP contribution in [-0.4, -0.2) is 32.4 Å². The smallest absolute Gasteiger partial charge is 0.243 e. The molecule has 0 saturated carbocycles. The first kappa shape index (κ1) is 20.0. The summed E-state index contributed by atoms with van der Waals surface area (Å²) in [5, 5.41) is 0.579. The molecular formula is C17H20Cl2N2O3S. The van der Waals surface area contributed by atoms with Crippen LogP contribution in [0, 0.1) is 5.92 Å². The number of hydrogen-bond acceptors (Lipinski definition) is 4. The Balaban J connectivity index is 0.00000225. The highest BCUT2D eigenvalue weighted by Gasteiger charge is 2.31. The maximum absolute atomic E-state index is 12.6. The molecule has 3 rings (SSSR count). The molecule has 136 valence electrons. The molecule has 25 heavy (non-hydrogen) atoms. The summed E-state index contributed by atoms with van der Waals surface area (Å²) < 4.78 is 32.4. The fraction of sp³-hybridized carbons (Fsp3) is 0.294. The quantitative estimate of drug-likeness (QED) is 0.829. The number of benzene rings is 2. The van der Waals surface area contributed by atoms with Crippen LogP contribution in [0.4, 0.5) is 0 Å². The molecule has 1 fully saturated rings. The molecule has 1 unspecified atom stereocenters. The van der Waals surface area contributed by atoms with Gasteiger partial charge in [-0.25, -0.2) is 8.42 Å². The van der Waals surface area contributed by atoms with Crippen molar-refractivity contribution in [3.8, 4) is 11.5 Å². The summed E-state index contributed by atoms with van der Waals surface area (Å²) in [5.74, 6) is 1.39. The Labute approximate surface area is 159 Å². The van der Waals surface area contributed by atoms with E-state index in [2.05, 4.69) is 0 Å². The van der Waals surface area contributed by atoms with E-state index in [0.29, 0.717) is 36.2 Å². The van der Waals surface area contributed by atoms with E-state index in [1.807, 2.05) is 0 Å². The Bertz CT molecular complexity index is 813. The molecule has 2 N–H and O–H groups in total. The third-order valence-corrected chi connectivity index (χ3v) is 6.19. The fourth-order valence-corrected chi connectivity index (χ4v) is 4.41. The van der Waals surface area contributed by atoms with Crippen LogP contribution in [0.5, 0.6) is 11.5 Å². The fourth-order valence-electron chi connectivity index (χ4n) is 2.70. The third kappa shape index (κ3) is 4.65. The van der Waals surface area contributed by atoms with Crippen LogP contribution < -0.4 is 10.5 Å². The van der Waals surface area contributed by atoms with Gasteiger partial charge in [0.1, 0.15) is 11.5 Å². The van der Waals surface area contributed by atoms with Crippen LogP contribution in [0.3, 0.4) is 0 Å². The molecular weight excluding hydrogens is 383 g/mol. The number of sulfonamides is 1. The first-order valence-corrected chi connectivity index (χ1v) is 9.54. The second-order valence-corrected chi connectivity index (χ2v) is 8.16. The van der Waals surface area contributed by atoms with Gasteiger partial charge >= 0.3 is 0 Å². The largest absolute Gasteiger partial charge is 0.457 e. The second-order valence-electron chi connectivity index (χ2n) is 5.78. The summed E-state index contributed by atoms with van der Waals surface area (Å²) >= 11 is 5.92. The van der Waals surface area contributed by atoms with Crippen LogP contribution in [-0.2, 0) is 10.0 Å². The lowest BCUT2D eigenvalue weighted by Gasteiger charge is -2.16. The molecule has 1 atom stereocenters. The molecule has 1 saturated heterocycles. The molecule has 0 radical (unpaired) electrons. The lowest BCUT2D eigenvalue weighted by atomic mass is 10.1. The zero-order valence-electron chi connectivity index (χ0n) is 13.5. The van der Waals surface area contributed by atoms with Crippen LogP contribution in [0.25, 0.3) is 0 Å². The van der Waals surface area contributed by atoms with Crippen molar-refractivity contribution in [3.05, 3.63) is 53.6 Å². The van der Waals surface area contributed by atoms with Crippen LogP contribution in [0.2, 0.25) is 5.02 Å². The standard InChI is InChI=1S/C17H19ClN2O3S.ClH/c18-14-2-1-3-16(10-14)23-15-4-6-17(7-5-15)24(21,22)20-9-8-13(11-19)12-20;/h1-7,10,13H,8-9,11-12,19H2;1H. The van der Waals surface area contributed by atoms with Crippen LogP contribution in [0.15, 0.2) is 53.4 Å². The summed E-state index contributed by atoms with van der Waals surface area (Å²) in [6.07, 6.45) is 0.811. The van der Waals surface area contributed by atoms with E-state index in [4.69, 9.17) is 22.1 Å². The SMILES string of the molecule is Cl.NCC1CCN(S(=O)(=O)c2ccc(Oc3cccc(Cl)c3)cc2)C1. The highest BCUT2D eigenvalue weighted by Crippen LogP contribution is 2.28. The number of ether oxygens (including phenoxy) is 1. The second kappa shape index (κ2) is 8.38. The van der Waals surface area contributed by atoms with Crippen LogP contribution >= 0.6 is 24.0 Å². The molecule has 0 spiro atoms. The van der Waals surface area contributed by atoms with Crippen molar-refractivity contribution in [1.29, 1.82) is 0 Å². The molecule has 0 aromatic heterocycles. The van der Waals surface area contributed by atoms with Gasteiger partial charge in [0.15, 0.2) is 0 Å². The Morgan fingerprint density at radius 2 is 1.88 bits per heavy atom. The number of nitrogens with zero attached hydrogens (tertiary/aromatic N) is 1.